The van der Waals surface area contributed by atoms with Crippen LogP contribution in [0.5, 0.6) is 0 Å². The molecule has 0 aliphatic carbocycles. The lowest BCUT2D eigenvalue weighted by Crippen LogP contribution is -2.27. The van der Waals surface area contributed by atoms with Crippen molar-refractivity contribution in [2.75, 3.05) is 38.6 Å². The highest BCUT2D eigenvalue weighted by molar-refractivity contribution is 6.30. The number of nitrogens with zero attached hydrogens (tertiary/aromatic N) is 2. The van der Waals surface area contributed by atoms with Gasteiger partial charge in [-0.1, -0.05) is 11.6 Å². The van der Waals surface area contributed by atoms with Crippen LogP contribution in [0, 0.1) is 0 Å². The first-order valence-corrected chi connectivity index (χ1v) is 7.23. The van der Waals surface area contributed by atoms with E-state index in [1.807, 2.05) is 12.1 Å². The number of benzene rings is 1. The van der Waals surface area contributed by atoms with E-state index >= 15 is 0 Å². The molecule has 0 atom stereocenters. The third kappa shape index (κ3) is 4.68. The van der Waals surface area contributed by atoms with E-state index in [0.717, 1.165) is 36.6 Å². The molecule has 0 bridgehead atoms. The van der Waals surface area contributed by atoms with Crippen LogP contribution in [0.2, 0.25) is 5.02 Å². The van der Waals surface area contributed by atoms with Gasteiger partial charge in [0.1, 0.15) is 0 Å². The van der Waals surface area contributed by atoms with Gasteiger partial charge >= 0.3 is 0 Å². The summed E-state index contributed by atoms with van der Waals surface area (Å²) in [7, 11) is 4.20. The fourth-order valence-corrected chi connectivity index (χ4v) is 2.41. The van der Waals surface area contributed by atoms with E-state index in [2.05, 4.69) is 36.9 Å². The predicted octanol–water partition coefficient (Wildman–Crippen LogP) is 3.86. The summed E-state index contributed by atoms with van der Waals surface area (Å²) >= 11 is 12.0. The molecule has 0 saturated heterocycles. The molecule has 1 rings (SSSR count). The van der Waals surface area contributed by atoms with Crippen molar-refractivity contribution in [3.05, 3.63) is 28.8 Å². The SMILES string of the molecule is CCN(CCCN(C)C)c1ccc(Cl)cc1CCl. The van der Waals surface area contributed by atoms with E-state index in [1.165, 1.54) is 5.69 Å². The fraction of sp³-hybridized carbons (Fsp3) is 0.571. The van der Waals surface area contributed by atoms with Crippen LogP contribution >= 0.6 is 23.2 Å². The second kappa shape index (κ2) is 7.88. The van der Waals surface area contributed by atoms with Crippen LogP contribution in [0.25, 0.3) is 0 Å². The fourth-order valence-electron chi connectivity index (χ4n) is 2.00. The van der Waals surface area contributed by atoms with Gasteiger partial charge in [-0.2, -0.15) is 0 Å². The Labute approximate surface area is 120 Å². The number of hydrogen-bond acceptors (Lipinski definition) is 2. The molecule has 0 radical (unpaired) electrons. The van der Waals surface area contributed by atoms with Gasteiger partial charge in [-0.05, 0) is 57.7 Å². The van der Waals surface area contributed by atoms with Gasteiger partial charge in [-0.25, -0.2) is 0 Å². The molecule has 2 nitrogen and oxygen atoms in total. The Hall–Kier alpha value is -0.440. The van der Waals surface area contributed by atoms with E-state index in [4.69, 9.17) is 23.2 Å². The van der Waals surface area contributed by atoms with Crippen LogP contribution in [0.15, 0.2) is 18.2 Å². The van der Waals surface area contributed by atoms with Gasteiger partial charge in [0, 0.05) is 29.7 Å². The first-order chi connectivity index (χ1) is 8.58. The van der Waals surface area contributed by atoms with Crippen molar-refractivity contribution in [2.45, 2.75) is 19.2 Å². The summed E-state index contributed by atoms with van der Waals surface area (Å²) in [5.74, 6) is 0.500. The zero-order valence-corrected chi connectivity index (χ0v) is 12.9. The molecule has 0 aromatic heterocycles. The molecule has 0 N–H and O–H groups in total. The minimum absolute atomic E-state index is 0.500. The lowest BCUT2D eigenvalue weighted by atomic mass is 10.1. The normalized spacial score (nSPS) is 11.0. The summed E-state index contributed by atoms with van der Waals surface area (Å²) in [6.07, 6.45) is 1.14. The van der Waals surface area contributed by atoms with Gasteiger partial charge in [0.05, 0.1) is 0 Å². The lowest BCUT2D eigenvalue weighted by molar-refractivity contribution is 0.400. The van der Waals surface area contributed by atoms with Crippen molar-refractivity contribution in [2.24, 2.45) is 0 Å². The van der Waals surface area contributed by atoms with Crippen LogP contribution in [0.1, 0.15) is 18.9 Å². The smallest absolute Gasteiger partial charge is 0.0495 e. The van der Waals surface area contributed by atoms with Crippen molar-refractivity contribution in [3.63, 3.8) is 0 Å². The van der Waals surface area contributed by atoms with Crippen molar-refractivity contribution in [1.29, 1.82) is 0 Å². The van der Waals surface area contributed by atoms with Crippen molar-refractivity contribution < 1.29 is 0 Å². The van der Waals surface area contributed by atoms with Crippen LogP contribution in [-0.2, 0) is 5.88 Å². The molecule has 0 spiro atoms. The second-order valence-corrected chi connectivity index (χ2v) is 5.35. The average Bonchev–Trinajstić information content (AvgIpc) is 2.34. The molecule has 0 unspecified atom stereocenters. The molecule has 0 fully saturated rings. The quantitative estimate of drug-likeness (QED) is 0.703. The molecular formula is C14H22Cl2N2. The maximum Gasteiger partial charge on any atom is 0.0495 e. The first-order valence-electron chi connectivity index (χ1n) is 6.32. The highest BCUT2D eigenvalue weighted by Gasteiger charge is 2.09. The number of anilines is 1. The van der Waals surface area contributed by atoms with Gasteiger partial charge < -0.3 is 9.80 Å². The van der Waals surface area contributed by atoms with Crippen LogP contribution in [0.4, 0.5) is 5.69 Å². The maximum atomic E-state index is 6.01. The summed E-state index contributed by atoms with van der Waals surface area (Å²) in [4.78, 5) is 4.57. The van der Waals surface area contributed by atoms with E-state index in [-0.39, 0.29) is 0 Å². The van der Waals surface area contributed by atoms with E-state index < -0.39 is 0 Å². The monoisotopic (exact) mass is 288 g/mol. The van der Waals surface area contributed by atoms with Gasteiger partial charge in [-0.3, -0.25) is 0 Å². The molecule has 1 aromatic rings. The summed E-state index contributed by atoms with van der Waals surface area (Å²) in [6, 6.07) is 5.96. The van der Waals surface area contributed by atoms with Crippen LogP contribution in [-0.4, -0.2) is 38.6 Å². The zero-order chi connectivity index (χ0) is 13.5. The standard InChI is InChI=1S/C14H22Cl2N2/c1-4-18(9-5-8-17(2)3)14-7-6-13(16)10-12(14)11-15/h6-7,10H,4-5,8-9,11H2,1-3H3. The maximum absolute atomic E-state index is 6.01. The molecule has 18 heavy (non-hydrogen) atoms. The minimum atomic E-state index is 0.500. The van der Waals surface area contributed by atoms with Crippen molar-refractivity contribution >= 4 is 28.9 Å². The number of halogens is 2. The van der Waals surface area contributed by atoms with E-state index in [0.29, 0.717) is 5.88 Å². The van der Waals surface area contributed by atoms with Gasteiger partial charge in [0.2, 0.25) is 0 Å². The molecule has 102 valence electrons. The predicted molar refractivity (Wildman–Crippen MR) is 82.1 cm³/mol. The van der Waals surface area contributed by atoms with Crippen molar-refractivity contribution in [3.8, 4) is 0 Å². The van der Waals surface area contributed by atoms with Gasteiger partial charge in [0.15, 0.2) is 0 Å². The molecule has 1 aromatic carbocycles. The molecule has 4 heteroatoms. The van der Waals surface area contributed by atoms with Gasteiger partial charge in [0.25, 0.3) is 0 Å². The first kappa shape index (κ1) is 15.6. The Morgan fingerprint density at radius 3 is 2.44 bits per heavy atom. The highest BCUT2D eigenvalue weighted by atomic mass is 35.5. The lowest BCUT2D eigenvalue weighted by Gasteiger charge is -2.26. The number of hydrogen-bond donors (Lipinski definition) is 0. The molecule has 0 saturated carbocycles. The molecule has 0 aliphatic rings. The second-order valence-electron chi connectivity index (χ2n) is 4.64. The Morgan fingerprint density at radius 1 is 1.17 bits per heavy atom. The zero-order valence-electron chi connectivity index (χ0n) is 11.4. The number of alkyl halides is 1. The average molecular weight is 289 g/mol. The molecule has 0 heterocycles. The summed E-state index contributed by atoms with van der Waals surface area (Å²) in [5.41, 5.74) is 2.31. The van der Waals surface area contributed by atoms with Crippen molar-refractivity contribution in [1.82, 2.24) is 4.90 Å². The third-order valence-electron chi connectivity index (χ3n) is 2.94. The van der Waals surface area contributed by atoms with E-state index in [9.17, 15) is 0 Å². The largest absolute Gasteiger partial charge is 0.372 e. The summed E-state index contributed by atoms with van der Waals surface area (Å²) in [5, 5.41) is 0.749. The summed E-state index contributed by atoms with van der Waals surface area (Å²) in [6.45, 7) is 5.29. The highest BCUT2D eigenvalue weighted by Crippen LogP contribution is 2.26. The Morgan fingerprint density at radius 2 is 1.89 bits per heavy atom. The van der Waals surface area contributed by atoms with Gasteiger partial charge in [-0.15, -0.1) is 11.6 Å². The Kier molecular flexibility index (Phi) is 6.83. The Balaban J connectivity index is 2.75. The van der Waals surface area contributed by atoms with Crippen LogP contribution < -0.4 is 4.90 Å². The topological polar surface area (TPSA) is 6.48 Å². The van der Waals surface area contributed by atoms with E-state index in [1.54, 1.807) is 0 Å². The van der Waals surface area contributed by atoms with Crippen LogP contribution in [0.3, 0.4) is 0 Å². The minimum Gasteiger partial charge on any atom is -0.372 e. The molecular weight excluding hydrogens is 267 g/mol. The third-order valence-corrected chi connectivity index (χ3v) is 3.46. The molecule has 0 aliphatic heterocycles. The summed E-state index contributed by atoms with van der Waals surface area (Å²) < 4.78 is 0. The number of rotatable bonds is 7. The Bertz CT molecular complexity index is 367. The molecule has 0 amide bonds.